The van der Waals surface area contributed by atoms with Crippen molar-refractivity contribution in [2.75, 3.05) is 26.2 Å². The Morgan fingerprint density at radius 3 is 2.45 bits per heavy atom. The molecule has 2 rings (SSSR count). The summed E-state index contributed by atoms with van der Waals surface area (Å²) < 4.78 is 33.5. The molecule has 8 nitrogen and oxygen atoms in total. The molecular weight excluding hydrogens is 542 g/mol. The van der Waals surface area contributed by atoms with Gasteiger partial charge in [-0.2, -0.15) is 0 Å². The van der Waals surface area contributed by atoms with Crippen molar-refractivity contribution in [3.63, 3.8) is 0 Å². The van der Waals surface area contributed by atoms with E-state index in [-0.39, 0.29) is 50.1 Å². The summed E-state index contributed by atoms with van der Waals surface area (Å²) >= 11 is 0. The minimum atomic E-state index is -1.45. The van der Waals surface area contributed by atoms with Crippen LogP contribution in [-0.2, 0) is 27.4 Å². The number of ether oxygens (including phenoxy) is 1. The van der Waals surface area contributed by atoms with Crippen LogP contribution in [0.15, 0.2) is 48.5 Å². The van der Waals surface area contributed by atoms with E-state index in [0.29, 0.717) is 13.2 Å². The average molecular weight is 591 g/mol. The summed E-state index contributed by atoms with van der Waals surface area (Å²) in [5, 5.41) is 19.3. The Labute approximate surface area is 248 Å². The smallest absolute Gasteiger partial charge is 0.250 e. The predicted octanol–water partition coefficient (Wildman–Crippen LogP) is 3.60. The Balaban J connectivity index is 1.80. The van der Waals surface area contributed by atoms with Crippen molar-refractivity contribution in [2.45, 2.75) is 84.1 Å². The van der Waals surface area contributed by atoms with Gasteiger partial charge in [-0.25, -0.2) is 8.78 Å². The van der Waals surface area contributed by atoms with Crippen LogP contribution in [-0.4, -0.2) is 61.3 Å². The number of carbonyl (C=O) groups is 2. The van der Waals surface area contributed by atoms with Gasteiger partial charge in [0.25, 0.3) is 5.91 Å². The lowest BCUT2D eigenvalue weighted by molar-refractivity contribution is -0.131. The highest BCUT2D eigenvalue weighted by Gasteiger charge is 2.26. The van der Waals surface area contributed by atoms with E-state index in [1.54, 1.807) is 0 Å². The number of aliphatic hydroxyl groups excluding tert-OH is 1. The van der Waals surface area contributed by atoms with E-state index in [9.17, 15) is 23.5 Å². The highest BCUT2D eigenvalue weighted by molar-refractivity contribution is 5.81. The molecule has 0 bridgehead atoms. The number of halogens is 2. The number of nitrogens with one attached hydrogen (secondary N) is 3. The first-order valence-electron chi connectivity index (χ1n) is 14.8. The van der Waals surface area contributed by atoms with Crippen LogP contribution in [0.2, 0.25) is 0 Å². The first-order chi connectivity index (χ1) is 20.0. The molecule has 0 aliphatic rings. The molecular formula is C32H48F2N4O4. The number of aliphatic hydroxyl groups is 1. The van der Waals surface area contributed by atoms with Crippen LogP contribution in [0.25, 0.3) is 0 Å². The molecule has 0 fully saturated rings. The molecule has 42 heavy (non-hydrogen) atoms. The van der Waals surface area contributed by atoms with Gasteiger partial charge in [-0.1, -0.05) is 70.4 Å². The molecule has 3 atom stereocenters. The van der Waals surface area contributed by atoms with Crippen LogP contribution in [0, 0.1) is 17.0 Å². The highest BCUT2D eigenvalue weighted by atomic mass is 19.1. The third-order valence-corrected chi connectivity index (χ3v) is 6.97. The van der Waals surface area contributed by atoms with Crippen molar-refractivity contribution < 1.29 is 28.2 Å². The van der Waals surface area contributed by atoms with E-state index in [4.69, 9.17) is 10.5 Å². The van der Waals surface area contributed by atoms with Crippen molar-refractivity contribution in [2.24, 2.45) is 11.1 Å². The van der Waals surface area contributed by atoms with Crippen molar-refractivity contribution in [3.8, 4) is 0 Å². The second-order valence-corrected chi connectivity index (χ2v) is 11.6. The van der Waals surface area contributed by atoms with Gasteiger partial charge < -0.3 is 31.5 Å². The molecule has 2 aromatic carbocycles. The molecule has 0 aliphatic carbocycles. The van der Waals surface area contributed by atoms with Crippen molar-refractivity contribution in [3.05, 3.63) is 71.3 Å². The van der Waals surface area contributed by atoms with Crippen LogP contribution >= 0.6 is 0 Å². The zero-order valence-electron chi connectivity index (χ0n) is 25.1. The Morgan fingerprint density at radius 1 is 1.02 bits per heavy atom. The van der Waals surface area contributed by atoms with E-state index >= 15 is 0 Å². The standard InChI is InChI=1S/C32H48F2N4O4/c1-4-5-6-10-15-36-26(17-24-16-25(33)13-14-27(24)34)18-29(39)37-21-32(2,3)22-38-31(41)30(40)28(35)20-42-19-23-11-8-7-9-12-23/h7-9,11-14,16,26,28,30,36,40H,4-6,10,15,17-22,35H2,1-3H3,(H,37,39)(H,38,41). The van der Waals surface area contributed by atoms with Gasteiger partial charge in [0.05, 0.1) is 19.3 Å². The molecule has 0 heterocycles. The fourth-order valence-electron chi connectivity index (χ4n) is 4.34. The average Bonchev–Trinajstić information content (AvgIpc) is 2.96. The second-order valence-electron chi connectivity index (χ2n) is 11.6. The number of rotatable bonds is 20. The Hall–Kier alpha value is -2.92. The van der Waals surface area contributed by atoms with Crippen molar-refractivity contribution in [1.82, 2.24) is 16.0 Å². The SMILES string of the molecule is CCCCCCNC(CC(=O)NCC(C)(C)CNC(=O)C(O)C(N)COCc1ccccc1)Cc1cc(F)ccc1F. The minimum absolute atomic E-state index is 0.0102. The third kappa shape index (κ3) is 13.8. The van der Waals surface area contributed by atoms with E-state index in [0.717, 1.165) is 43.4 Å². The normalized spacial score (nSPS) is 13.8. The largest absolute Gasteiger partial charge is 0.382 e. The maximum Gasteiger partial charge on any atom is 0.250 e. The second kappa shape index (κ2) is 18.6. The Bertz CT molecular complexity index is 1090. The zero-order chi connectivity index (χ0) is 31.0. The number of hydrogen-bond acceptors (Lipinski definition) is 6. The molecule has 2 amide bonds. The van der Waals surface area contributed by atoms with E-state index in [2.05, 4.69) is 22.9 Å². The summed E-state index contributed by atoms with van der Waals surface area (Å²) in [7, 11) is 0. The molecule has 0 aromatic heterocycles. The number of amides is 2. The fourth-order valence-corrected chi connectivity index (χ4v) is 4.34. The van der Waals surface area contributed by atoms with Crippen LogP contribution in [0.5, 0.6) is 0 Å². The number of hydrogen-bond donors (Lipinski definition) is 5. The number of benzene rings is 2. The van der Waals surface area contributed by atoms with Crippen LogP contribution in [0.3, 0.4) is 0 Å². The van der Waals surface area contributed by atoms with Gasteiger partial charge in [-0.3, -0.25) is 9.59 Å². The molecule has 0 saturated heterocycles. The quantitative estimate of drug-likeness (QED) is 0.150. The van der Waals surface area contributed by atoms with E-state index in [1.807, 2.05) is 44.2 Å². The van der Waals surface area contributed by atoms with Gasteiger partial charge >= 0.3 is 0 Å². The van der Waals surface area contributed by atoms with Gasteiger partial charge in [0, 0.05) is 25.6 Å². The summed E-state index contributed by atoms with van der Waals surface area (Å²) in [5.74, 6) is -1.88. The molecule has 3 unspecified atom stereocenters. The number of carbonyl (C=O) groups excluding carboxylic acids is 2. The maximum atomic E-state index is 14.3. The third-order valence-electron chi connectivity index (χ3n) is 6.97. The molecule has 0 saturated carbocycles. The highest BCUT2D eigenvalue weighted by Crippen LogP contribution is 2.15. The van der Waals surface area contributed by atoms with Crippen molar-refractivity contribution >= 4 is 11.8 Å². The summed E-state index contributed by atoms with van der Waals surface area (Å²) in [4.78, 5) is 25.3. The van der Waals surface area contributed by atoms with Crippen molar-refractivity contribution in [1.29, 1.82) is 0 Å². The van der Waals surface area contributed by atoms with Gasteiger partial charge in [0.15, 0.2) is 0 Å². The Morgan fingerprint density at radius 2 is 1.74 bits per heavy atom. The van der Waals surface area contributed by atoms with Crippen LogP contribution in [0.4, 0.5) is 8.78 Å². The topological polar surface area (TPSA) is 126 Å². The summed E-state index contributed by atoms with van der Waals surface area (Å²) in [6.07, 6.45) is 3.02. The molecule has 234 valence electrons. The molecule has 10 heteroatoms. The molecule has 6 N–H and O–H groups in total. The molecule has 0 spiro atoms. The minimum Gasteiger partial charge on any atom is -0.382 e. The van der Waals surface area contributed by atoms with E-state index in [1.165, 1.54) is 6.07 Å². The number of unbranched alkanes of at least 4 members (excludes halogenated alkanes) is 3. The monoisotopic (exact) mass is 590 g/mol. The first kappa shape index (κ1) is 35.3. The fraction of sp³-hybridized carbons (Fsp3) is 0.562. The summed E-state index contributed by atoms with van der Waals surface area (Å²) in [6, 6.07) is 11.6. The van der Waals surface area contributed by atoms with Gasteiger partial charge in [0.1, 0.15) is 17.7 Å². The lowest BCUT2D eigenvalue weighted by Crippen LogP contribution is -2.51. The maximum absolute atomic E-state index is 14.3. The van der Waals surface area contributed by atoms with Crippen LogP contribution < -0.4 is 21.7 Å². The lowest BCUT2D eigenvalue weighted by Gasteiger charge is -2.27. The van der Waals surface area contributed by atoms with Crippen LogP contribution in [0.1, 0.15) is 64.0 Å². The molecule has 0 aliphatic heterocycles. The predicted molar refractivity (Wildman–Crippen MR) is 160 cm³/mol. The van der Waals surface area contributed by atoms with Gasteiger partial charge in [-0.05, 0) is 54.1 Å². The molecule has 2 aromatic rings. The summed E-state index contributed by atoms with van der Waals surface area (Å²) in [5.41, 5.74) is 6.61. The lowest BCUT2D eigenvalue weighted by atomic mass is 9.93. The Kier molecular flexibility index (Phi) is 15.6. The van der Waals surface area contributed by atoms with Gasteiger partial charge in [-0.15, -0.1) is 0 Å². The number of nitrogens with two attached hydrogens (primary N) is 1. The van der Waals surface area contributed by atoms with E-state index < -0.39 is 35.1 Å². The zero-order valence-corrected chi connectivity index (χ0v) is 25.1. The molecule has 0 radical (unpaired) electrons. The van der Waals surface area contributed by atoms with Gasteiger partial charge in [0.2, 0.25) is 5.91 Å². The first-order valence-corrected chi connectivity index (χ1v) is 14.8. The summed E-state index contributed by atoms with van der Waals surface area (Å²) in [6.45, 7) is 7.32.